The highest BCUT2D eigenvalue weighted by atomic mass is 79.9. The topological polar surface area (TPSA) is 12.5 Å². The molecule has 1 rings (SSSR count). The Morgan fingerprint density at radius 2 is 2.55 bits per heavy atom. The highest BCUT2D eigenvalue weighted by Gasteiger charge is 2.05. The van der Waals surface area contributed by atoms with E-state index in [4.69, 9.17) is 4.74 Å². The second kappa shape index (κ2) is 4.57. The van der Waals surface area contributed by atoms with Crippen molar-refractivity contribution in [3.8, 4) is 0 Å². The first kappa shape index (κ1) is 8.81. The van der Waals surface area contributed by atoms with Crippen molar-refractivity contribution in [1.82, 2.24) is 4.90 Å². The molecule has 1 heterocycles. The zero-order chi connectivity index (χ0) is 8.10. The van der Waals surface area contributed by atoms with Crippen molar-refractivity contribution in [3.05, 3.63) is 22.8 Å². The van der Waals surface area contributed by atoms with Gasteiger partial charge in [-0.15, -0.1) is 0 Å². The van der Waals surface area contributed by atoms with E-state index >= 15 is 0 Å². The summed E-state index contributed by atoms with van der Waals surface area (Å²) in [5.41, 5.74) is 0. The van der Waals surface area contributed by atoms with E-state index < -0.39 is 0 Å². The largest absolute Gasteiger partial charge is 0.383 e. The van der Waals surface area contributed by atoms with Crippen LogP contribution in [0.4, 0.5) is 0 Å². The molecule has 2 nitrogen and oxygen atoms in total. The van der Waals surface area contributed by atoms with Crippen molar-refractivity contribution in [2.45, 2.75) is 0 Å². The molecule has 0 aromatic carbocycles. The maximum Gasteiger partial charge on any atom is 0.0809 e. The molecule has 0 aromatic heterocycles. The first-order chi connectivity index (χ1) is 5.34. The van der Waals surface area contributed by atoms with E-state index in [9.17, 15) is 0 Å². The van der Waals surface area contributed by atoms with Crippen LogP contribution in [0.3, 0.4) is 0 Å². The van der Waals surface area contributed by atoms with Gasteiger partial charge in [-0.1, -0.05) is 12.2 Å². The molecule has 0 N–H and O–H groups in total. The average Bonchev–Trinajstić information content (AvgIpc) is 2.03. The Morgan fingerprint density at radius 3 is 3.18 bits per heavy atom. The summed E-state index contributed by atoms with van der Waals surface area (Å²) < 4.78 is 6.12. The lowest BCUT2D eigenvalue weighted by atomic mass is 10.3. The Morgan fingerprint density at radius 1 is 1.73 bits per heavy atom. The summed E-state index contributed by atoms with van der Waals surface area (Å²) in [4.78, 5) is 2.21. The lowest BCUT2D eigenvalue weighted by Gasteiger charge is -2.23. The molecule has 3 heteroatoms. The minimum absolute atomic E-state index is 0.775. The molecule has 0 saturated heterocycles. The molecule has 0 bridgehead atoms. The predicted molar refractivity (Wildman–Crippen MR) is 49.6 cm³/mol. The van der Waals surface area contributed by atoms with E-state index in [-0.39, 0.29) is 0 Å². The molecule has 0 spiro atoms. The van der Waals surface area contributed by atoms with Gasteiger partial charge in [0.1, 0.15) is 0 Å². The minimum Gasteiger partial charge on any atom is -0.383 e. The highest BCUT2D eigenvalue weighted by Crippen LogP contribution is 2.14. The minimum atomic E-state index is 0.775. The van der Waals surface area contributed by atoms with Crippen LogP contribution in [0.2, 0.25) is 0 Å². The van der Waals surface area contributed by atoms with Crippen molar-refractivity contribution >= 4 is 15.9 Å². The fourth-order valence-corrected chi connectivity index (χ4v) is 1.40. The zero-order valence-electron chi connectivity index (χ0n) is 6.59. The number of hydrogen-bond acceptors (Lipinski definition) is 2. The third-order valence-corrected chi connectivity index (χ3v) is 2.33. The quantitative estimate of drug-likeness (QED) is 0.669. The van der Waals surface area contributed by atoms with E-state index in [1.807, 2.05) is 12.2 Å². The summed E-state index contributed by atoms with van der Waals surface area (Å²) in [5, 5.41) is 0. The average molecular weight is 218 g/mol. The standard InChI is InChI=1S/C8H12BrNO/c1-11-7-6-10-5-3-2-4-8(10)9/h2-4H,5-7H2,1H3. The summed E-state index contributed by atoms with van der Waals surface area (Å²) >= 11 is 3.47. The van der Waals surface area contributed by atoms with Gasteiger partial charge < -0.3 is 9.64 Å². The fraction of sp³-hybridized carbons (Fsp3) is 0.500. The molecule has 0 amide bonds. The second-order valence-corrected chi connectivity index (χ2v) is 3.17. The Kier molecular flexibility index (Phi) is 3.66. The van der Waals surface area contributed by atoms with E-state index in [0.717, 1.165) is 24.3 Å². The van der Waals surface area contributed by atoms with Crippen LogP contribution in [0.15, 0.2) is 22.8 Å². The van der Waals surface area contributed by atoms with Gasteiger partial charge in [0.05, 0.1) is 11.2 Å². The van der Waals surface area contributed by atoms with E-state index in [2.05, 4.69) is 26.9 Å². The van der Waals surface area contributed by atoms with Crippen molar-refractivity contribution in [1.29, 1.82) is 0 Å². The predicted octanol–water partition coefficient (Wildman–Crippen LogP) is 1.74. The molecule has 0 aromatic rings. The second-order valence-electron chi connectivity index (χ2n) is 2.36. The van der Waals surface area contributed by atoms with Gasteiger partial charge in [0.2, 0.25) is 0 Å². The van der Waals surface area contributed by atoms with Gasteiger partial charge in [-0.2, -0.15) is 0 Å². The molecule has 62 valence electrons. The van der Waals surface area contributed by atoms with Gasteiger partial charge >= 0.3 is 0 Å². The van der Waals surface area contributed by atoms with Crippen LogP contribution in [-0.2, 0) is 4.74 Å². The van der Waals surface area contributed by atoms with Crippen LogP contribution < -0.4 is 0 Å². The Hall–Kier alpha value is -0.280. The molecule has 0 saturated carbocycles. The van der Waals surface area contributed by atoms with Crippen LogP contribution in [0.25, 0.3) is 0 Å². The highest BCUT2D eigenvalue weighted by molar-refractivity contribution is 9.11. The van der Waals surface area contributed by atoms with Crippen molar-refractivity contribution in [3.63, 3.8) is 0 Å². The number of hydrogen-bond donors (Lipinski definition) is 0. The molecule has 0 atom stereocenters. The number of nitrogens with zero attached hydrogens (tertiary/aromatic N) is 1. The van der Waals surface area contributed by atoms with Crippen LogP contribution in [0.5, 0.6) is 0 Å². The molecule has 1 aliphatic heterocycles. The van der Waals surface area contributed by atoms with Crippen molar-refractivity contribution in [2.24, 2.45) is 0 Å². The molecule has 11 heavy (non-hydrogen) atoms. The molecule has 0 unspecified atom stereocenters. The number of allylic oxidation sites excluding steroid dienone is 2. The molecule has 1 aliphatic rings. The van der Waals surface area contributed by atoms with E-state index in [1.165, 1.54) is 0 Å². The smallest absolute Gasteiger partial charge is 0.0809 e. The summed E-state index contributed by atoms with van der Waals surface area (Å²) in [6, 6.07) is 0. The molecule has 0 fully saturated rings. The van der Waals surface area contributed by atoms with Gasteiger partial charge in [0.25, 0.3) is 0 Å². The lowest BCUT2D eigenvalue weighted by Crippen LogP contribution is -2.26. The first-order valence-electron chi connectivity index (χ1n) is 3.61. The third-order valence-electron chi connectivity index (χ3n) is 1.56. The number of methoxy groups -OCH3 is 1. The maximum atomic E-state index is 4.98. The van der Waals surface area contributed by atoms with Gasteiger partial charge in [-0.05, 0) is 22.0 Å². The van der Waals surface area contributed by atoms with E-state index in [0.29, 0.717) is 0 Å². The van der Waals surface area contributed by atoms with Crippen molar-refractivity contribution < 1.29 is 4.74 Å². The lowest BCUT2D eigenvalue weighted by molar-refractivity contribution is 0.172. The van der Waals surface area contributed by atoms with Gasteiger partial charge in [0.15, 0.2) is 0 Å². The van der Waals surface area contributed by atoms with Gasteiger partial charge in [0, 0.05) is 20.2 Å². The summed E-state index contributed by atoms with van der Waals surface area (Å²) in [5.74, 6) is 0. The Balaban J connectivity index is 2.35. The number of halogens is 1. The Bertz CT molecular complexity index is 177. The third kappa shape index (κ3) is 2.67. The maximum absolute atomic E-state index is 4.98. The fourth-order valence-electron chi connectivity index (χ4n) is 0.928. The molecule has 0 aliphatic carbocycles. The number of ether oxygens (including phenoxy) is 1. The Labute approximate surface area is 75.6 Å². The normalized spacial score (nSPS) is 16.9. The van der Waals surface area contributed by atoms with Crippen LogP contribution in [0, 0.1) is 0 Å². The van der Waals surface area contributed by atoms with Gasteiger partial charge in [-0.3, -0.25) is 0 Å². The van der Waals surface area contributed by atoms with Crippen LogP contribution in [0.1, 0.15) is 0 Å². The van der Waals surface area contributed by atoms with Crippen LogP contribution in [-0.4, -0.2) is 31.7 Å². The van der Waals surface area contributed by atoms with Gasteiger partial charge in [-0.25, -0.2) is 0 Å². The van der Waals surface area contributed by atoms with Crippen LogP contribution >= 0.6 is 15.9 Å². The summed E-state index contributed by atoms with van der Waals surface area (Å²) in [6.45, 7) is 2.69. The zero-order valence-corrected chi connectivity index (χ0v) is 8.17. The molecular weight excluding hydrogens is 206 g/mol. The monoisotopic (exact) mass is 217 g/mol. The van der Waals surface area contributed by atoms with Crippen molar-refractivity contribution in [2.75, 3.05) is 26.8 Å². The number of rotatable bonds is 3. The summed E-state index contributed by atoms with van der Waals surface area (Å²) in [7, 11) is 1.72. The SMILES string of the molecule is COCCN1CC=CC=C1Br. The molecular formula is C8H12BrNO. The molecule has 0 radical (unpaired) electrons. The summed E-state index contributed by atoms with van der Waals surface area (Å²) in [6.07, 6.45) is 6.22. The van der Waals surface area contributed by atoms with E-state index in [1.54, 1.807) is 7.11 Å². The first-order valence-corrected chi connectivity index (χ1v) is 4.40.